The summed E-state index contributed by atoms with van der Waals surface area (Å²) in [6, 6.07) is 3.90. The van der Waals surface area contributed by atoms with Gasteiger partial charge >= 0.3 is 12.0 Å². The number of hydrogen-bond donors (Lipinski definition) is 3. The van der Waals surface area contributed by atoms with Crippen LogP contribution in [0.15, 0.2) is 18.2 Å². The van der Waals surface area contributed by atoms with Crippen molar-refractivity contribution in [3.8, 4) is 5.75 Å². The number of methoxy groups -OCH3 is 2. The molecule has 0 heterocycles. The van der Waals surface area contributed by atoms with Gasteiger partial charge in [0.15, 0.2) is 0 Å². The van der Waals surface area contributed by atoms with Crippen LogP contribution in [-0.2, 0) is 4.74 Å². The van der Waals surface area contributed by atoms with Crippen LogP contribution in [0.25, 0.3) is 0 Å². The maximum atomic E-state index is 11.5. The van der Waals surface area contributed by atoms with Crippen molar-refractivity contribution in [2.75, 3.05) is 32.7 Å². The molecule has 0 aliphatic rings. The van der Waals surface area contributed by atoms with Crippen LogP contribution in [0.3, 0.4) is 0 Å². The molecular weight excluding hydrogens is 252 g/mol. The van der Waals surface area contributed by atoms with Gasteiger partial charge in [-0.05, 0) is 12.1 Å². The number of carboxylic acid groups (broad SMARTS) is 1. The first kappa shape index (κ1) is 14.8. The van der Waals surface area contributed by atoms with Crippen LogP contribution < -0.4 is 15.4 Å². The van der Waals surface area contributed by atoms with Crippen LogP contribution in [0.2, 0.25) is 0 Å². The summed E-state index contributed by atoms with van der Waals surface area (Å²) < 4.78 is 9.75. The zero-order valence-electron chi connectivity index (χ0n) is 10.7. The number of ether oxygens (including phenoxy) is 2. The van der Waals surface area contributed by atoms with Crippen LogP contribution >= 0.6 is 0 Å². The normalized spacial score (nSPS) is 9.79. The lowest BCUT2D eigenvalue weighted by atomic mass is 10.2. The summed E-state index contributed by atoms with van der Waals surface area (Å²) in [5.41, 5.74) is 0.476. The summed E-state index contributed by atoms with van der Waals surface area (Å²) in [6.45, 7) is 0.793. The fourth-order valence-corrected chi connectivity index (χ4v) is 1.39. The van der Waals surface area contributed by atoms with Gasteiger partial charge in [-0.3, -0.25) is 0 Å². The SMILES string of the molecule is COCCNC(=O)Nc1ccc(C(=O)O)c(OC)c1. The van der Waals surface area contributed by atoms with Crippen LogP contribution in [0.4, 0.5) is 10.5 Å². The molecule has 1 aromatic rings. The highest BCUT2D eigenvalue weighted by Gasteiger charge is 2.12. The van der Waals surface area contributed by atoms with Crippen molar-refractivity contribution in [1.82, 2.24) is 5.32 Å². The topological polar surface area (TPSA) is 96.9 Å². The van der Waals surface area contributed by atoms with Crippen LogP contribution in [0.5, 0.6) is 5.75 Å². The lowest BCUT2D eigenvalue weighted by molar-refractivity contribution is 0.0693. The third-order valence-corrected chi connectivity index (χ3v) is 2.28. The number of nitrogens with one attached hydrogen (secondary N) is 2. The first-order valence-electron chi connectivity index (χ1n) is 5.53. The first-order valence-corrected chi connectivity index (χ1v) is 5.53. The van der Waals surface area contributed by atoms with E-state index < -0.39 is 12.0 Å². The Labute approximate surface area is 110 Å². The van der Waals surface area contributed by atoms with Crippen molar-refractivity contribution >= 4 is 17.7 Å². The molecule has 0 fully saturated rings. The Morgan fingerprint density at radius 2 is 2.05 bits per heavy atom. The lowest BCUT2D eigenvalue weighted by Crippen LogP contribution is -2.31. The molecule has 0 bridgehead atoms. The monoisotopic (exact) mass is 268 g/mol. The highest BCUT2D eigenvalue weighted by molar-refractivity contribution is 5.94. The Kier molecular flexibility index (Phi) is 5.62. The molecule has 1 aromatic carbocycles. The Morgan fingerprint density at radius 3 is 2.63 bits per heavy atom. The Morgan fingerprint density at radius 1 is 1.32 bits per heavy atom. The van der Waals surface area contributed by atoms with Crippen LogP contribution in [-0.4, -0.2) is 44.5 Å². The number of urea groups is 1. The summed E-state index contributed by atoms with van der Waals surface area (Å²) in [5, 5.41) is 14.1. The van der Waals surface area contributed by atoms with Gasteiger partial charge in [0, 0.05) is 25.4 Å². The molecule has 19 heavy (non-hydrogen) atoms. The molecule has 7 nitrogen and oxygen atoms in total. The molecule has 104 valence electrons. The van der Waals surface area contributed by atoms with E-state index in [1.54, 1.807) is 0 Å². The Hall–Kier alpha value is -2.28. The second-order valence-electron chi connectivity index (χ2n) is 3.59. The predicted molar refractivity (Wildman–Crippen MR) is 68.9 cm³/mol. The Bertz CT molecular complexity index is 461. The number of anilines is 1. The van der Waals surface area contributed by atoms with E-state index in [1.807, 2.05) is 0 Å². The van der Waals surface area contributed by atoms with E-state index in [0.717, 1.165) is 0 Å². The van der Waals surface area contributed by atoms with E-state index in [1.165, 1.54) is 32.4 Å². The third kappa shape index (κ3) is 4.47. The van der Waals surface area contributed by atoms with Crippen LogP contribution in [0.1, 0.15) is 10.4 Å². The van der Waals surface area contributed by atoms with Crippen molar-refractivity contribution in [3.05, 3.63) is 23.8 Å². The summed E-state index contributed by atoms with van der Waals surface area (Å²) >= 11 is 0. The molecule has 0 aliphatic carbocycles. The van der Waals surface area contributed by atoms with E-state index in [2.05, 4.69) is 10.6 Å². The molecule has 0 aromatic heterocycles. The zero-order valence-corrected chi connectivity index (χ0v) is 10.7. The quantitative estimate of drug-likeness (QED) is 0.673. The zero-order chi connectivity index (χ0) is 14.3. The van der Waals surface area contributed by atoms with Crippen molar-refractivity contribution in [3.63, 3.8) is 0 Å². The average Bonchev–Trinajstić information content (AvgIpc) is 2.38. The minimum atomic E-state index is -1.09. The fraction of sp³-hybridized carbons (Fsp3) is 0.333. The van der Waals surface area contributed by atoms with Gasteiger partial charge in [-0.1, -0.05) is 0 Å². The van der Waals surface area contributed by atoms with E-state index in [-0.39, 0.29) is 11.3 Å². The molecular formula is C12H16N2O5. The van der Waals surface area contributed by atoms with Gasteiger partial charge in [0.05, 0.1) is 13.7 Å². The summed E-state index contributed by atoms with van der Waals surface area (Å²) in [6.07, 6.45) is 0. The number of hydrogen-bond acceptors (Lipinski definition) is 4. The third-order valence-electron chi connectivity index (χ3n) is 2.28. The van der Waals surface area contributed by atoms with Gasteiger partial charge < -0.3 is 25.2 Å². The minimum absolute atomic E-state index is 0.0350. The number of amides is 2. The molecule has 0 saturated carbocycles. The van der Waals surface area contributed by atoms with Crippen molar-refractivity contribution in [1.29, 1.82) is 0 Å². The van der Waals surface area contributed by atoms with E-state index in [4.69, 9.17) is 14.6 Å². The smallest absolute Gasteiger partial charge is 0.339 e. The molecule has 0 spiro atoms. The average molecular weight is 268 g/mol. The number of rotatable bonds is 6. The molecule has 2 amide bonds. The maximum Gasteiger partial charge on any atom is 0.339 e. The largest absolute Gasteiger partial charge is 0.496 e. The number of benzene rings is 1. The minimum Gasteiger partial charge on any atom is -0.496 e. The summed E-state index contributed by atoms with van der Waals surface area (Å²) in [4.78, 5) is 22.4. The van der Waals surface area contributed by atoms with Gasteiger partial charge in [0.25, 0.3) is 0 Å². The van der Waals surface area contributed by atoms with Crippen LogP contribution in [0, 0.1) is 0 Å². The first-order chi connectivity index (χ1) is 9.08. The number of aromatic carboxylic acids is 1. The van der Waals surface area contributed by atoms with Gasteiger partial charge in [-0.25, -0.2) is 9.59 Å². The highest BCUT2D eigenvalue weighted by atomic mass is 16.5. The molecule has 0 atom stereocenters. The standard InChI is InChI=1S/C12H16N2O5/c1-18-6-5-13-12(17)14-8-3-4-9(11(15)16)10(7-8)19-2/h3-4,7H,5-6H2,1-2H3,(H,15,16)(H2,13,14,17). The summed E-state index contributed by atoms with van der Waals surface area (Å²) in [5.74, 6) is -0.907. The van der Waals surface area contributed by atoms with Crippen molar-refractivity contribution < 1.29 is 24.2 Å². The van der Waals surface area contributed by atoms with Gasteiger partial charge in [-0.15, -0.1) is 0 Å². The molecule has 0 radical (unpaired) electrons. The number of carbonyl (C=O) groups excluding carboxylic acids is 1. The highest BCUT2D eigenvalue weighted by Crippen LogP contribution is 2.23. The van der Waals surface area contributed by atoms with Gasteiger partial charge in [-0.2, -0.15) is 0 Å². The molecule has 0 aliphatic heterocycles. The van der Waals surface area contributed by atoms with Crippen molar-refractivity contribution in [2.24, 2.45) is 0 Å². The van der Waals surface area contributed by atoms with E-state index >= 15 is 0 Å². The lowest BCUT2D eigenvalue weighted by Gasteiger charge is -2.10. The second kappa shape index (κ2) is 7.22. The molecule has 0 unspecified atom stereocenters. The molecule has 7 heteroatoms. The molecule has 1 rings (SSSR count). The van der Waals surface area contributed by atoms with Gasteiger partial charge in [0.2, 0.25) is 0 Å². The van der Waals surface area contributed by atoms with Gasteiger partial charge in [0.1, 0.15) is 11.3 Å². The maximum absolute atomic E-state index is 11.5. The molecule has 0 saturated heterocycles. The predicted octanol–water partition coefficient (Wildman–Crippen LogP) is 1.16. The number of carboxylic acids is 1. The van der Waals surface area contributed by atoms with E-state index in [9.17, 15) is 9.59 Å². The molecule has 3 N–H and O–H groups in total. The Balaban J connectivity index is 2.69. The summed E-state index contributed by atoms with van der Waals surface area (Å²) in [7, 11) is 2.90. The number of carbonyl (C=O) groups is 2. The second-order valence-corrected chi connectivity index (χ2v) is 3.59. The fourth-order valence-electron chi connectivity index (χ4n) is 1.39. The van der Waals surface area contributed by atoms with E-state index in [0.29, 0.717) is 18.8 Å². The van der Waals surface area contributed by atoms with Crippen molar-refractivity contribution in [2.45, 2.75) is 0 Å².